The van der Waals surface area contributed by atoms with Crippen molar-refractivity contribution in [3.63, 3.8) is 0 Å². The van der Waals surface area contributed by atoms with Crippen LogP contribution >= 0.6 is 0 Å². The van der Waals surface area contributed by atoms with E-state index in [0.29, 0.717) is 0 Å². The summed E-state index contributed by atoms with van der Waals surface area (Å²) in [4.78, 5) is 4.63. The minimum absolute atomic E-state index is 0.0943. The summed E-state index contributed by atoms with van der Waals surface area (Å²) in [5.74, 6) is 0. The van der Waals surface area contributed by atoms with Gasteiger partial charge in [-0.05, 0) is 86.7 Å². The highest BCUT2D eigenvalue weighted by molar-refractivity contribution is 5.86. The lowest BCUT2D eigenvalue weighted by atomic mass is 9.75. The number of benzene rings is 5. The SMILES string of the molecule is C(=C\c1ccc2c(c1)C1(Cc3ccc(-c4ccccn4)cc3C1)c1cc(/C=C/c3ccccc3)ccc1-2)/c1ccccc1. The van der Waals surface area contributed by atoms with Crippen molar-refractivity contribution < 1.29 is 0 Å². The Morgan fingerprint density at radius 2 is 1.02 bits per heavy atom. The van der Waals surface area contributed by atoms with E-state index in [-0.39, 0.29) is 5.41 Å². The minimum Gasteiger partial charge on any atom is -0.256 e. The van der Waals surface area contributed by atoms with Crippen LogP contribution in [-0.2, 0) is 18.3 Å². The molecule has 8 rings (SSSR count). The molecule has 0 unspecified atom stereocenters. The lowest BCUT2D eigenvalue weighted by Gasteiger charge is -2.27. The smallest absolute Gasteiger partial charge is 0.0702 e. The van der Waals surface area contributed by atoms with Crippen molar-refractivity contribution in [2.75, 3.05) is 0 Å². The van der Waals surface area contributed by atoms with Crippen molar-refractivity contribution in [2.45, 2.75) is 18.3 Å². The predicted octanol–water partition coefficient (Wildman–Crippen LogP) is 10.2. The topological polar surface area (TPSA) is 12.9 Å². The summed E-state index contributed by atoms with van der Waals surface area (Å²) < 4.78 is 0. The van der Waals surface area contributed by atoms with Crippen molar-refractivity contribution in [2.24, 2.45) is 0 Å². The average molecular weight is 550 g/mol. The first-order valence-electron chi connectivity index (χ1n) is 15.0. The third-order valence-corrected chi connectivity index (χ3v) is 9.10. The van der Waals surface area contributed by atoms with E-state index in [1.165, 1.54) is 61.2 Å². The number of hydrogen-bond acceptors (Lipinski definition) is 1. The van der Waals surface area contributed by atoms with Crippen LogP contribution in [0.25, 0.3) is 46.7 Å². The Hall–Kier alpha value is -5.27. The Morgan fingerprint density at radius 3 is 1.60 bits per heavy atom. The molecule has 0 N–H and O–H groups in total. The van der Waals surface area contributed by atoms with E-state index >= 15 is 0 Å². The summed E-state index contributed by atoms with van der Waals surface area (Å²) in [6.07, 6.45) is 12.8. The zero-order valence-corrected chi connectivity index (χ0v) is 23.9. The standard InChI is InChI=1S/C42H31N/c1-3-9-30(10-4-1)14-16-32-18-22-37-38-23-19-33(17-15-31-11-5-2-6-12-31)26-40(38)42(39(37)25-32)28-35-21-20-34(27-36(35)29-42)41-13-7-8-24-43-41/h1-27H,28-29H2/b16-14+,17-15+. The molecular weight excluding hydrogens is 518 g/mol. The predicted molar refractivity (Wildman–Crippen MR) is 180 cm³/mol. The molecule has 0 amide bonds. The van der Waals surface area contributed by atoms with Crippen molar-refractivity contribution >= 4 is 24.3 Å². The normalized spacial score (nSPS) is 14.3. The fourth-order valence-corrected chi connectivity index (χ4v) is 7.00. The Balaban J connectivity index is 1.23. The molecule has 0 atom stereocenters. The number of rotatable bonds is 5. The first kappa shape index (κ1) is 25.4. The lowest BCUT2D eigenvalue weighted by Crippen LogP contribution is -2.26. The Labute approximate surface area is 253 Å². The monoisotopic (exact) mass is 549 g/mol. The molecule has 0 radical (unpaired) electrons. The van der Waals surface area contributed by atoms with Crippen molar-refractivity contribution in [3.05, 3.63) is 184 Å². The van der Waals surface area contributed by atoms with Gasteiger partial charge in [0.15, 0.2) is 0 Å². The largest absolute Gasteiger partial charge is 0.256 e. The molecule has 1 nitrogen and oxygen atoms in total. The van der Waals surface area contributed by atoms with Gasteiger partial charge in [0, 0.05) is 17.2 Å². The van der Waals surface area contributed by atoms with Gasteiger partial charge >= 0.3 is 0 Å². The first-order valence-corrected chi connectivity index (χ1v) is 15.0. The first-order chi connectivity index (χ1) is 21.2. The molecule has 2 aliphatic carbocycles. The summed E-state index contributed by atoms with van der Waals surface area (Å²) in [6, 6.07) is 48.3. The summed E-state index contributed by atoms with van der Waals surface area (Å²) >= 11 is 0. The van der Waals surface area contributed by atoms with Crippen LogP contribution in [0.3, 0.4) is 0 Å². The number of aromatic nitrogens is 1. The summed E-state index contributed by atoms with van der Waals surface area (Å²) in [6.45, 7) is 0. The van der Waals surface area contributed by atoms with E-state index in [2.05, 4.69) is 157 Å². The second kappa shape index (κ2) is 10.5. The molecule has 0 aliphatic heterocycles. The van der Waals surface area contributed by atoms with Crippen LogP contribution in [0.2, 0.25) is 0 Å². The highest BCUT2D eigenvalue weighted by Crippen LogP contribution is 2.56. The molecule has 1 heteroatoms. The average Bonchev–Trinajstić information content (AvgIpc) is 3.59. The van der Waals surface area contributed by atoms with Gasteiger partial charge in [-0.25, -0.2) is 0 Å². The highest BCUT2D eigenvalue weighted by atomic mass is 14.7. The van der Waals surface area contributed by atoms with Gasteiger partial charge in [-0.3, -0.25) is 4.98 Å². The van der Waals surface area contributed by atoms with E-state index < -0.39 is 0 Å². The van der Waals surface area contributed by atoms with Crippen molar-refractivity contribution in [1.29, 1.82) is 0 Å². The van der Waals surface area contributed by atoms with Crippen LogP contribution in [0.5, 0.6) is 0 Å². The zero-order valence-electron chi connectivity index (χ0n) is 23.9. The van der Waals surface area contributed by atoms with Gasteiger partial charge in [-0.2, -0.15) is 0 Å². The zero-order chi connectivity index (χ0) is 28.6. The van der Waals surface area contributed by atoms with Gasteiger partial charge in [0.25, 0.3) is 0 Å². The quantitative estimate of drug-likeness (QED) is 0.195. The van der Waals surface area contributed by atoms with Gasteiger partial charge in [0.05, 0.1) is 5.69 Å². The molecule has 1 spiro atoms. The van der Waals surface area contributed by atoms with E-state index in [1.54, 1.807) is 0 Å². The molecule has 43 heavy (non-hydrogen) atoms. The second-order valence-electron chi connectivity index (χ2n) is 11.7. The minimum atomic E-state index is -0.0943. The third-order valence-electron chi connectivity index (χ3n) is 9.10. The fourth-order valence-electron chi connectivity index (χ4n) is 7.00. The van der Waals surface area contributed by atoms with Crippen LogP contribution in [0.15, 0.2) is 140 Å². The van der Waals surface area contributed by atoms with Crippen LogP contribution in [-0.4, -0.2) is 4.98 Å². The second-order valence-corrected chi connectivity index (χ2v) is 11.7. The molecule has 1 aromatic heterocycles. The summed E-state index contributed by atoms with van der Waals surface area (Å²) in [5.41, 5.74) is 15.5. The van der Waals surface area contributed by atoms with Crippen LogP contribution in [0.1, 0.15) is 44.5 Å². The van der Waals surface area contributed by atoms with E-state index in [4.69, 9.17) is 0 Å². The molecule has 0 fully saturated rings. The van der Waals surface area contributed by atoms with E-state index in [1.807, 2.05) is 12.3 Å². The van der Waals surface area contributed by atoms with E-state index in [9.17, 15) is 0 Å². The van der Waals surface area contributed by atoms with Gasteiger partial charge in [0.1, 0.15) is 0 Å². The molecule has 0 bridgehead atoms. The Kier molecular flexibility index (Phi) is 6.23. The Morgan fingerprint density at radius 1 is 0.465 bits per heavy atom. The maximum absolute atomic E-state index is 4.63. The molecule has 2 aliphatic rings. The summed E-state index contributed by atoms with van der Waals surface area (Å²) in [7, 11) is 0. The maximum Gasteiger partial charge on any atom is 0.0702 e. The van der Waals surface area contributed by atoms with Gasteiger partial charge in [-0.1, -0.05) is 140 Å². The highest BCUT2D eigenvalue weighted by Gasteiger charge is 2.47. The van der Waals surface area contributed by atoms with Crippen LogP contribution in [0.4, 0.5) is 0 Å². The number of fused-ring (bicyclic) bond motifs is 6. The molecule has 5 aromatic carbocycles. The van der Waals surface area contributed by atoms with Gasteiger partial charge in [-0.15, -0.1) is 0 Å². The summed E-state index contributed by atoms with van der Waals surface area (Å²) in [5, 5.41) is 0. The van der Waals surface area contributed by atoms with Crippen molar-refractivity contribution in [3.8, 4) is 22.4 Å². The van der Waals surface area contributed by atoms with E-state index in [0.717, 1.165) is 18.5 Å². The number of nitrogens with zero attached hydrogens (tertiary/aromatic N) is 1. The molecule has 0 saturated heterocycles. The molecule has 204 valence electrons. The maximum atomic E-state index is 4.63. The number of pyridine rings is 1. The number of hydrogen-bond donors (Lipinski definition) is 0. The van der Waals surface area contributed by atoms with Crippen molar-refractivity contribution in [1.82, 2.24) is 4.98 Å². The van der Waals surface area contributed by atoms with Gasteiger partial charge in [0.2, 0.25) is 0 Å². The van der Waals surface area contributed by atoms with Crippen LogP contribution in [0, 0.1) is 0 Å². The third kappa shape index (κ3) is 4.64. The van der Waals surface area contributed by atoms with Gasteiger partial charge < -0.3 is 0 Å². The lowest BCUT2D eigenvalue weighted by molar-refractivity contribution is 0.563. The van der Waals surface area contributed by atoms with Crippen LogP contribution < -0.4 is 0 Å². The molecule has 1 heterocycles. The molecule has 6 aromatic rings. The molecular formula is C42H31N. The molecule has 0 saturated carbocycles. The fraction of sp³-hybridized carbons (Fsp3) is 0.0714. The Bertz CT molecular complexity index is 1900.